The second-order valence-corrected chi connectivity index (χ2v) is 9.32. The zero-order valence-electron chi connectivity index (χ0n) is 17.0. The van der Waals surface area contributed by atoms with E-state index >= 15 is 0 Å². The lowest BCUT2D eigenvalue weighted by Crippen LogP contribution is -2.48. The largest absolute Gasteiger partial charge is 0.419 e. The third-order valence-corrected chi connectivity index (χ3v) is 6.97. The van der Waals surface area contributed by atoms with Crippen molar-refractivity contribution in [1.29, 1.82) is 0 Å². The Hall–Kier alpha value is -2.46. The molecule has 4 rings (SSSR count). The molecule has 0 spiro atoms. The molecule has 1 saturated heterocycles. The highest BCUT2D eigenvalue weighted by Crippen LogP contribution is 2.17. The fourth-order valence-corrected chi connectivity index (χ4v) is 4.75. The maximum atomic E-state index is 12.6. The van der Waals surface area contributed by atoms with Crippen molar-refractivity contribution in [2.45, 2.75) is 11.4 Å². The van der Waals surface area contributed by atoms with Crippen LogP contribution in [0.15, 0.2) is 62.6 Å². The first kappa shape index (κ1) is 20.8. The van der Waals surface area contributed by atoms with Gasteiger partial charge in [0.15, 0.2) is 5.58 Å². The molecule has 9 heteroatoms. The monoisotopic (exact) mass is 430 g/mol. The third kappa shape index (κ3) is 4.65. The summed E-state index contributed by atoms with van der Waals surface area (Å²) < 4.78 is 34.3. The number of hydrogen-bond acceptors (Lipinski definition) is 6. The number of aryl methyl sites for hydroxylation is 1. The van der Waals surface area contributed by atoms with E-state index in [9.17, 15) is 13.2 Å². The van der Waals surface area contributed by atoms with Crippen LogP contribution in [0.25, 0.3) is 11.1 Å². The highest BCUT2D eigenvalue weighted by atomic mass is 32.2. The molecule has 2 aromatic carbocycles. The Morgan fingerprint density at radius 1 is 1.00 bits per heavy atom. The Kier molecular flexibility index (Phi) is 6.05. The Bertz CT molecular complexity index is 1160. The maximum Gasteiger partial charge on any atom is 0.419 e. The maximum absolute atomic E-state index is 12.6. The number of nitrogens with zero attached hydrogens (tertiary/aromatic N) is 3. The van der Waals surface area contributed by atoms with Crippen molar-refractivity contribution in [3.05, 3.63) is 64.6 Å². The molecule has 8 nitrogen and oxygen atoms in total. The topological polar surface area (TPSA) is 87.8 Å². The van der Waals surface area contributed by atoms with Gasteiger partial charge < -0.3 is 4.42 Å². The summed E-state index contributed by atoms with van der Waals surface area (Å²) in [5.41, 5.74) is 2.14. The first-order valence-electron chi connectivity index (χ1n) is 10.0. The van der Waals surface area contributed by atoms with Crippen LogP contribution in [0.3, 0.4) is 0 Å². The molecule has 1 aliphatic heterocycles. The van der Waals surface area contributed by atoms with E-state index in [1.165, 1.54) is 22.3 Å². The van der Waals surface area contributed by atoms with Crippen LogP contribution in [0.4, 0.5) is 0 Å². The van der Waals surface area contributed by atoms with Gasteiger partial charge in [-0.3, -0.25) is 14.4 Å². The van der Waals surface area contributed by atoms with E-state index in [0.717, 1.165) is 32.7 Å². The van der Waals surface area contributed by atoms with Crippen LogP contribution in [-0.4, -0.2) is 62.1 Å². The van der Waals surface area contributed by atoms with Crippen LogP contribution in [-0.2, 0) is 23.6 Å². The third-order valence-electron chi connectivity index (χ3n) is 5.51. The number of hydrogen-bond donors (Lipinski definition) is 1. The Labute approximate surface area is 175 Å². The van der Waals surface area contributed by atoms with Crippen LogP contribution in [0.1, 0.15) is 5.56 Å². The van der Waals surface area contributed by atoms with Gasteiger partial charge in [-0.2, -0.15) is 0 Å². The van der Waals surface area contributed by atoms with Gasteiger partial charge in [-0.15, -0.1) is 0 Å². The predicted molar refractivity (Wildman–Crippen MR) is 115 cm³/mol. The van der Waals surface area contributed by atoms with Crippen molar-refractivity contribution in [1.82, 2.24) is 19.1 Å². The number of aromatic nitrogens is 1. The second kappa shape index (κ2) is 8.73. The molecule has 0 atom stereocenters. The van der Waals surface area contributed by atoms with E-state index in [-0.39, 0.29) is 10.5 Å². The average Bonchev–Trinajstić information content (AvgIpc) is 3.03. The predicted octanol–water partition coefficient (Wildman–Crippen LogP) is 1.23. The van der Waals surface area contributed by atoms with Gasteiger partial charge in [0.2, 0.25) is 10.0 Å². The summed E-state index contributed by atoms with van der Waals surface area (Å²) in [6.07, 6.45) is 0. The molecule has 2 heterocycles. The minimum absolute atomic E-state index is 0.0945. The lowest BCUT2D eigenvalue weighted by atomic mass is 10.2. The molecule has 1 fully saturated rings. The molecule has 0 bridgehead atoms. The van der Waals surface area contributed by atoms with Crippen LogP contribution in [0.2, 0.25) is 0 Å². The Morgan fingerprint density at radius 2 is 1.70 bits per heavy atom. The molecular weight excluding hydrogens is 404 g/mol. The van der Waals surface area contributed by atoms with E-state index in [1.807, 2.05) is 6.07 Å². The van der Waals surface area contributed by atoms with Crippen LogP contribution in [0.5, 0.6) is 0 Å². The van der Waals surface area contributed by atoms with Crippen molar-refractivity contribution in [2.24, 2.45) is 7.05 Å². The Morgan fingerprint density at radius 3 is 2.43 bits per heavy atom. The highest BCUT2D eigenvalue weighted by molar-refractivity contribution is 7.89. The van der Waals surface area contributed by atoms with Gasteiger partial charge in [-0.25, -0.2) is 17.9 Å². The molecule has 160 valence electrons. The number of rotatable bonds is 7. The zero-order valence-corrected chi connectivity index (χ0v) is 17.8. The van der Waals surface area contributed by atoms with Gasteiger partial charge in [-0.05, 0) is 17.7 Å². The van der Waals surface area contributed by atoms with Crippen LogP contribution < -0.4 is 10.5 Å². The molecule has 0 aliphatic carbocycles. The van der Waals surface area contributed by atoms with Crippen molar-refractivity contribution >= 4 is 21.1 Å². The first-order valence-corrected chi connectivity index (χ1v) is 11.5. The number of nitrogens with one attached hydrogen (secondary N) is 1. The van der Waals surface area contributed by atoms with Crippen LogP contribution in [0, 0.1) is 0 Å². The minimum Gasteiger partial charge on any atom is -0.408 e. The lowest BCUT2D eigenvalue weighted by molar-refractivity contribution is 0.129. The van der Waals surface area contributed by atoms with E-state index in [4.69, 9.17) is 4.42 Å². The zero-order chi connectivity index (χ0) is 21.1. The molecule has 3 aromatic rings. The van der Waals surface area contributed by atoms with E-state index in [0.29, 0.717) is 18.6 Å². The second-order valence-electron chi connectivity index (χ2n) is 7.56. The number of oxazole rings is 1. The number of fused-ring (bicyclic) bond motifs is 1. The van der Waals surface area contributed by atoms with Gasteiger partial charge in [0.25, 0.3) is 0 Å². The number of benzene rings is 2. The summed E-state index contributed by atoms with van der Waals surface area (Å²) in [6, 6.07) is 14.9. The first-order chi connectivity index (χ1) is 14.4. The fraction of sp³-hybridized carbons (Fsp3) is 0.381. The van der Waals surface area contributed by atoms with Gasteiger partial charge in [0.1, 0.15) is 0 Å². The highest BCUT2D eigenvalue weighted by Gasteiger charge is 2.19. The lowest BCUT2D eigenvalue weighted by Gasteiger charge is -2.34. The molecule has 0 amide bonds. The quantitative estimate of drug-likeness (QED) is 0.607. The summed E-state index contributed by atoms with van der Waals surface area (Å²) >= 11 is 0. The number of piperazine rings is 1. The van der Waals surface area contributed by atoms with Crippen molar-refractivity contribution < 1.29 is 12.8 Å². The molecule has 1 aliphatic rings. The summed E-state index contributed by atoms with van der Waals surface area (Å²) in [5, 5.41) is 0. The Balaban J connectivity index is 1.27. The van der Waals surface area contributed by atoms with Crippen LogP contribution >= 0.6 is 0 Å². The van der Waals surface area contributed by atoms with Gasteiger partial charge in [0, 0.05) is 58.9 Å². The molecular formula is C21H26N4O4S. The molecule has 0 unspecified atom stereocenters. The van der Waals surface area contributed by atoms with Crippen molar-refractivity contribution in [3.8, 4) is 0 Å². The molecule has 1 N–H and O–H groups in total. The van der Waals surface area contributed by atoms with Gasteiger partial charge in [-0.1, -0.05) is 30.3 Å². The van der Waals surface area contributed by atoms with Gasteiger partial charge in [0.05, 0.1) is 10.4 Å². The van der Waals surface area contributed by atoms with Gasteiger partial charge >= 0.3 is 5.76 Å². The summed E-state index contributed by atoms with van der Waals surface area (Å²) in [6.45, 7) is 5.68. The minimum atomic E-state index is -3.67. The average molecular weight is 431 g/mol. The van der Waals surface area contributed by atoms with Crippen molar-refractivity contribution in [2.75, 3.05) is 39.3 Å². The summed E-state index contributed by atoms with van der Waals surface area (Å²) in [4.78, 5) is 16.4. The molecule has 1 aromatic heterocycles. The van der Waals surface area contributed by atoms with E-state index < -0.39 is 15.8 Å². The normalized spacial score (nSPS) is 16.3. The fourth-order valence-electron chi connectivity index (χ4n) is 3.72. The number of sulfonamides is 1. The SMILES string of the molecule is Cn1c(=O)oc2cc(S(=O)(=O)NCCN3CCN(Cc4ccccc4)CC3)ccc21. The summed E-state index contributed by atoms with van der Waals surface area (Å²) in [7, 11) is -2.08. The van der Waals surface area contributed by atoms with Crippen molar-refractivity contribution in [3.63, 3.8) is 0 Å². The standard InChI is InChI=1S/C21H26N4O4S/c1-23-19-8-7-18(15-20(19)29-21(23)26)30(27,28)22-9-10-24-11-13-25(14-12-24)16-17-5-3-2-4-6-17/h2-8,15,22H,9-14,16H2,1H3. The molecule has 0 saturated carbocycles. The van der Waals surface area contributed by atoms with E-state index in [1.54, 1.807) is 13.1 Å². The summed E-state index contributed by atoms with van der Waals surface area (Å²) in [5.74, 6) is -0.515. The molecule has 30 heavy (non-hydrogen) atoms. The smallest absolute Gasteiger partial charge is 0.408 e. The molecule has 0 radical (unpaired) electrons. The van der Waals surface area contributed by atoms with E-state index in [2.05, 4.69) is 38.8 Å².